The fourth-order valence-corrected chi connectivity index (χ4v) is 2.72. The molecule has 1 unspecified atom stereocenters. The molecule has 0 fully saturated rings. The minimum Gasteiger partial charge on any atom is -0.402 e. The van der Waals surface area contributed by atoms with Gasteiger partial charge in [-0.3, -0.25) is 0 Å². The van der Waals surface area contributed by atoms with Crippen molar-refractivity contribution >= 4 is 0 Å². The zero-order valence-corrected chi connectivity index (χ0v) is 10.5. The molecule has 2 N–H and O–H groups in total. The summed E-state index contributed by atoms with van der Waals surface area (Å²) in [6.45, 7) is 6.72. The lowest BCUT2D eigenvalue weighted by molar-refractivity contribution is 0.416. The van der Waals surface area contributed by atoms with Gasteiger partial charge >= 0.3 is 0 Å². The maximum atomic E-state index is 5.86. The molecule has 1 aliphatic rings. The van der Waals surface area contributed by atoms with Crippen LogP contribution in [0.25, 0.3) is 0 Å². The number of hydrogen-bond acceptors (Lipinski definition) is 1. The van der Waals surface area contributed by atoms with E-state index in [9.17, 15) is 0 Å². The molecular weight excluding hydrogens is 194 g/mol. The smallest absolute Gasteiger partial charge is 0.00406 e. The zero-order chi connectivity index (χ0) is 11.8. The molecule has 1 aliphatic carbocycles. The van der Waals surface area contributed by atoms with Crippen LogP contribution in [0.1, 0.15) is 42.9 Å². The summed E-state index contributed by atoms with van der Waals surface area (Å²) in [5, 5.41) is 0. The molecule has 86 valence electrons. The average Bonchev–Trinajstić information content (AvgIpc) is 2.22. The Hall–Kier alpha value is -1.24. The molecule has 0 amide bonds. The van der Waals surface area contributed by atoms with Crippen molar-refractivity contribution in [3.63, 3.8) is 0 Å². The summed E-state index contributed by atoms with van der Waals surface area (Å²) in [7, 11) is 0. The van der Waals surface area contributed by atoms with E-state index in [0.717, 1.165) is 18.5 Å². The quantitative estimate of drug-likeness (QED) is 0.761. The van der Waals surface area contributed by atoms with Gasteiger partial charge in [0.2, 0.25) is 0 Å². The highest BCUT2D eigenvalue weighted by Gasteiger charge is 2.29. The minimum absolute atomic E-state index is 0.278. The summed E-state index contributed by atoms with van der Waals surface area (Å²) in [5.74, 6) is 0. The number of rotatable bonds is 1. The molecule has 1 aromatic carbocycles. The van der Waals surface area contributed by atoms with Crippen molar-refractivity contribution in [1.29, 1.82) is 0 Å². The normalized spacial score (nSPS) is 25.3. The van der Waals surface area contributed by atoms with Gasteiger partial charge in [0.1, 0.15) is 0 Å². The Balaban J connectivity index is 2.37. The van der Waals surface area contributed by atoms with Crippen molar-refractivity contribution in [3.8, 4) is 0 Å². The van der Waals surface area contributed by atoms with Crippen LogP contribution in [-0.2, 0) is 5.41 Å². The number of nitrogens with two attached hydrogens (primary N) is 1. The molecule has 16 heavy (non-hydrogen) atoms. The topological polar surface area (TPSA) is 26.0 Å². The zero-order valence-electron chi connectivity index (χ0n) is 10.5. The van der Waals surface area contributed by atoms with Crippen molar-refractivity contribution in [2.45, 2.75) is 45.4 Å². The predicted molar refractivity (Wildman–Crippen MR) is 69.4 cm³/mol. The molecule has 0 heterocycles. The maximum Gasteiger partial charge on any atom is 0.00406 e. The molecule has 0 aliphatic heterocycles. The van der Waals surface area contributed by atoms with Crippen LogP contribution in [0.4, 0.5) is 0 Å². The van der Waals surface area contributed by atoms with Crippen molar-refractivity contribution in [2.24, 2.45) is 5.73 Å². The molecular formula is C15H21N. The number of benzene rings is 1. The third-order valence-corrected chi connectivity index (χ3v) is 3.81. The van der Waals surface area contributed by atoms with E-state index in [-0.39, 0.29) is 5.41 Å². The standard InChI is InChI=1S/C15H21N/c1-11-4-5-14(12(2)10-11)15(3)8-6-13(16)7-9-15/h4-6,10H,7-9,16H2,1-3H3. The first-order valence-electron chi connectivity index (χ1n) is 6.03. The average molecular weight is 215 g/mol. The highest BCUT2D eigenvalue weighted by atomic mass is 14.6. The summed E-state index contributed by atoms with van der Waals surface area (Å²) in [4.78, 5) is 0. The SMILES string of the molecule is Cc1ccc(C2(C)CC=C(N)CC2)c(C)c1. The predicted octanol–water partition coefficient (Wildman–Crippen LogP) is 3.59. The lowest BCUT2D eigenvalue weighted by Gasteiger charge is -2.34. The Kier molecular flexibility index (Phi) is 2.79. The first-order valence-corrected chi connectivity index (χ1v) is 6.03. The van der Waals surface area contributed by atoms with E-state index >= 15 is 0 Å². The molecule has 1 heteroatoms. The molecule has 0 saturated heterocycles. The van der Waals surface area contributed by atoms with E-state index < -0.39 is 0 Å². The van der Waals surface area contributed by atoms with E-state index in [2.05, 4.69) is 45.0 Å². The van der Waals surface area contributed by atoms with E-state index in [1.807, 2.05) is 0 Å². The van der Waals surface area contributed by atoms with Gasteiger partial charge in [-0.1, -0.05) is 36.8 Å². The van der Waals surface area contributed by atoms with Crippen molar-refractivity contribution in [2.75, 3.05) is 0 Å². The van der Waals surface area contributed by atoms with Crippen LogP contribution in [0.2, 0.25) is 0 Å². The molecule has 0 aromatic heterocycles. The Bertz CT molecular complexity index is 431. The summed E-state index contributed by atoms with van der Waals surface area (Å²) in [6.07, 6.45) is 5.47. The first-order chi connectivity index (χ1) is 7.51. The molecule has 2 rings (SSSR count). The van der Waals surface area contributed by atoms with Crippen LogP contribution in [-0.4, -0.2) is 0 Å². The largest absolute Gasteiger partial charge is 0.402 e. The fraction of sp³-hybridized carbons (Fsp3) is 0.467. The Morgan fingerprint density at radius 2 is 2.00 bits per heavy atom. The van der Waals surface area contributed by atoms with E-state index in [0.29, 0.717) is 0 Å². The van der Waals surface area contributed by atoms with E-state index in [1.165, 1.54) is 23.1 Å². The van der Waals surface area contributed by atoms with Crippen LogP contribution in [0, 0.1) is 13.8 Å². The number of aryl methyl sites for hydroxylation is 2. The van der Waals surface area contributed by atoms with Crippen LogP contribution in [0.5, 0.6) is 0 Å². The van der Waals surface area contributed by atoms with Gasteiger partial charge in [-0.2, -0.15) is 0 Å². The Morgan fingerprint density at radius 1 is 1.25 bits per heavy atom. The maximum absolute atomic E-state index is 5.86. The molecule has 0 radical (unpaired) electrons. The van der Waals surface area contributed by atoms with Gasteiger partial charge in [0.15, 0.2) is 0 Å². The molecule has 1 aromatic rings. The van der Waals surface area contributed by atoms with Crippen molar-refractivity contribution < 1.29 is 0 Å². The Labute approximate surface area is 98.4 Å². The third kappa shape index (κ3) is 1.99. The molecule has 1 nitrogen and oxygen atoms in total. The van der Waals surface area contributed by atoms with Gasteiger partial charge in [-0.25, -0.2) is 0 Å². The van der Waals surface area contributed by atoms with E-state index in [1.54, 1.807) is 0 Å². The lowest BCUT2D eigenvalue weighted by atomic mass is 9.71. The second-order valence-electron chi connectivity index (χ2n) is 5.36. The monoisotopic (exact) mass is 215 g/mol. The van der Waals surface area contributed by atoms with E-state index in [4.69, 9.17) is 5.73 Å². The molecule has 1 atom stereocenters. The summed E-state index contributed by atoms with van der Waals surface area (Å²) in [5.41, 5.74) is 11.4. The first kappa shape index (κ1) is 11.3. The van der Waals surface area contributed by atoms with Crippen molar-refractivity contribution in [1.82, 2.24) is 0 Å². The van der Waals surface area contributed by atoms with Crippen LogP contribution in [0.15, 0.2) is 30.0 Å². The summed E-state index contributed by atoms with van der Waals surface area (Å²) >= 11 is 0. The van der Waals surface area contributed by atoms with Gasteiger partial charge in [0, 0.05) is 5.70 Å². The Morgan fingerprint density at radius 3 is 2.56 bits per heavy atom. The molecule has 0 bridgehead atoms. The fourth-order valence-electron chi connectivity index (χ4n) is 2.72. The number of hydrogen-bond donors (Lipinski definition) is 1. The van der Waals surface area contributed by atoms with Crippen molar-refractivity contribution in [3.05, 3.63) is 46.7 Å². The summed E-state index contributed by atoms with van der Waals surface area (Å²) in [6, 6.07) is 6.79. The van der Waals surface area contributed by atoms with Gasteiger partial charge in [-0.05, 0) is 49.7 Å². The van der Waals surface area contributed by atoms with Crippen LogP contribution < -0.4 is 5.73 Å². The van der Waals surface area contributed by atoms with Gasteiger partial charge < -0.3 is 5.73 Å². The number of allylic oxidation sites excluding steroid dienone is 2. The van der Waals surface area contributed by atoms with Gasteiger partial charge in [0.05, 0.1) is 0 Å². The van der Waals surface area contributed by atoms with Gasteiger partial charge in [0.25, 0.3) is 0 Å². The lowest BCUT2D eigenvalue weighted by Crippen LogP contribution is -2.26. The highest BCUT2D eigenvalue weighted by Crippen LogP contribution is 2.38. The second-order valence-corrected chi connectivity index (χ2v) is 5.36. The van der Waals surface area contributed by atoms with Gasteiger partial charge in [-0.15, -0.1) is 0 Å². The second kappa shape index (κ2) is 3.97. The highest BCUT2D eigenvalue weighted by molar-refractivity contribution is 5.37. The minimum atomic E-state index is 0.278. The van der Waals surface area contributed by atoms with Crippen LogP contribution in [0.3, 0.4) is 0 Å². The molecule has 0 saturated carbocycles. The third-order valence-electron chi connectivity index (χ3n) is 3.81. The van der Waals surface area contributed by atoms with Crippen LogP contribution >= 0.6 is 0 Å². The molecule has 0 spiro atoms. The summed E-state index contributed by atoms with van der Waals surface area (Å²) < 4.78 is 0.